The first-order valence-electron chi connectivity index (χ1n) is 10.1. The van der Waals surface area contributed by atoms with Crippen LogP contribution in [0.1, 0.15) is 35.6 Å². The van der Waals surface area contributed by atoms with E-state index in [1.807, 2.05) is 0 Å². The van der Waals surface area contributed by atoms with E-state index in [1.54, 1.807) is 55.5 Å². The van der Waals surface area contributed by atoms with Crippen molar-refractivity contribution in [2.45, 2.75) is 38.5 Å². The van der Waals surface area contributed by atoms with E-state index in [0.29, 0.717) is 29.5 Å². The van der Waals surface area contributed by atoms with Gasteiger partial charge in [-0.2, -0.15) is 0 Å². The van der Waals surface area contributed by atoms with Gasteiger partial charge in [-0.3, -0.25) is 0 Å². The SMILES string of the molecule is Cc1cccc(COC2CCN(S(=O)(=O)CC(NC(=O)O)c3ccccc3)CC2)c1F. The largest absolute Gasteiger partial charge is 0.465 e. The molecule has 1 aliphatic heterocycles. The standard InChI is InChI=1S/C22H27FN2O5S/c1-16-6-5-9-18(21(16)23)14-30-19-10-12-25(13-11-19)31(28,29)15-20(24-22(26)27)17-7-3-2-4-8-17/h2-9,19-20,24H,10-15H2,1H3,(H,26,27). The van der Waals surface area contributed by atoms with E-state index in [2.05, 4.69) is 5.32 Å². The number of nitrogens with one attached hydrogen (secondary N) is 1. The molecule has 2 aromatic carbocycles. The van der Waals surface area contributed by atoms with E-state index in [1.165, 1.54) is 4.31 Å². The summed E-state index contributed by atoms with van der Waals surface area (Å²) in [5.41, 5.74) is 1.64. The summed E-state index contributed by atoms with van der Waals surface area (Å²) in [6.07, 6.45) is -0.447. The Hall–Kier alpha value is -2.49. The van der Waals surface area contributed by atoms with Crippen LogP contribution in [0.4, 0.5) is 9.18 Å². The topological polar surface area (TPSA) is 95.9 Å². The van der Waals surface area contributed by atoms with E-state index >= 15 is 0 Å². The van der Waals surface area contributed by atoms with Gasteiger partial charge in [0.05, 0.1) is 24.5 Å². The molecule has 7 nitrogen and oxygen atoms in total. The zero-order chi connectivity index (χ0) is 22.4. The van der Waals surface area contributed by atoms with E-state index in [0.717, 1.165) is 0 Å². The van der Waals surface area contributed by atoms with Crippen molar-refractivity contribution in [3.8, 4) is 0 Å². The van der Waals surface area contributed by atoms with Crippen LogP contribution in [0, 0.1) is 12.7 Å². The molecular formula is C22H27FN2O5S. The lowest BCUT2D eigenvalue weighted by Gasteiger charge is -2.32. The summed E-state index contributed by atoms with van der Waals surface area (Å²) in [4.78, 5) is 11.2. The predicted octanol–water partition coefficient (Wildman–Crippen LogP) is 3.45. The predicted molar refractivity (Wildman–Crippen MR) is 115 cm³/mol. The Bertz CT molecular complexity index is 992. The Morgan fingerprint density at radius 1 is 1.19 bits per heavy atom. The van der Waals surface area contributed by atoms with E-state index in [4.69, 9.17) is 9.84 Å². The number of nitrogens with zero attached hydrogens (tertiary/aromatic N) is 1. The number of carbonyl (C=O) groups is 1. The molecule has 31 heavy (non-hydrogen) atoms. The smallest absolute Gasteiger partial charge is 0.405 e. The van der Waals surface area contributed by atoms with Crippen LogP contribution in [0.5, 0.6) is 0 Å². The van der Waals surface area contributed by atoms with Gasteiger partial charge in [0.25, 0.3) is 0 Å². The van der Waals surface area contributed by atoms with Gasteiger partial charge in [-0.25, -0.2) is 21.9 Å². The van der Waals surface area contributed by atoms with E-state index < -0.39 is 22.2 Å². The average molecular weight is 451 g/mol. The molecule has 0 spiro atoms. The molecule has 1 heterocycles. The van der Waals surface area contributed by atoms with E-state index in [-0.39, 0.29) is 37.4 Å². The Balaban J connectivity index is 1.57. The molecule has 0 radical (unpaired) electrons. The molecular weight excluding hydrogens is 423 g/mol. The van der Waals surface area contributed by atoms with Crippen LogP contribution in [0.15, 0.2) is 48.5 Å². The molecule has 0 bridgehead atoms. The second-order valence-corrected chi connectivity index (χ2v) is 9.66. The minimum absolute atomic E-state index is 0.142. The molecule has 168 valence electrons. The third-order valence-electron chi connectivity index (χ3n) is 5.42. The van der Waals surface area contributed by atoms with Crippen LogP contribution in [0.2, 0.25) is 0 Å². The maximum Gasteiger partial charge on any atom is 0.405 e. The third-order valence-corrected chi connectivity index (χ3v) is 7.32. The number of hydrogen-bond donors (Lipinski definition) is 2. The fourth-order valence-electron chi connectivity index (χ4n) is 3.68. The van der Waals surface area contributed by atoms with Crippen molar-refractivity contribution in [1.82, 2.24) is 9.62 Å². The monoisotopic (exact) mass is 450 g/mol. The average Bonchev–Trinajstić information content (AvgIpc) is 2.75. The number of benzene rings is 2. The van der Waals surface area contributed by atoms with Crippen molar-refractivity contribution in [1.29, 1.82) is 0 Å². The Kier molecular flexibility index (Phi) is 7.64. The quantitative estimate of drug-likeness (QED) is 0.642. The molecule has 1 atom stereocenters. The molecule has 0 aliphatic carbocycles. The van der Waals surface area contributed by atoms with Crippen LogP contribution >= 0.6 is 0 Å². The number of aryl methyl sites for hydroxylation is 1. The van der Waals surface area contributed by atoms with Crippen molar-refractivity contribution < 1.29 is 27.4 Å². The van der Waals surface area contributed by atoms with Crippen molar-refractivity contribution in [3.05, 3.63) is 71.0 Å². The van der Waals surface area contributed by atoms with Gasteiger partial charge in [-0.05, 0) is 30.9 Å². The van der Waals surface area contributed by atoms with Crippen molar-refractivity contribution in [2.24, 2.45) is 0 Å². The summed E-state index contributed by atoms with van der Waals surface area (Å²) in [5, 5.41) is 11.4. The summed E-state index contributed by atoms with van der Waals surface area (Å²) in [5.74, 6) is -0.635. The highest BCUT2D eigenvalue weighted by atomic mass is 32.2. The molecule has 3 rings (SSSR count). The van der Waals surface area contributed by atoms with Gasteiger partial charge in [0.15, 0.2) is 0 Å². The molecule has 1 fully saturated rings. The zero-order valence-electron chi connectivity index (χ0n) is 17.3. The molecule has 2 aromatic rings. The van der Waals surface area contributed by atoms with Gasteiger partial charge < -0.3 is 15.2 Å². The van der Waals surface area contributed by atoms with Gasteiger partial charge in [-0.1, -0.05) is 48.5 Å². The Labute approximate surface area is 181 Å². The van der Waals surface area contributed by atoms with Crippen LogP contribution in [-0.2, 0) is 21.4 Å². The normalized spacial score (nSPS) is 16.7. The van der Waals surface area contributed by atoms with Crippen LogP contribution in [0.3, 0.4) is 0 Å². The van der Waals surface area contributed by atoms with Crippen LogP contribution in [-0.4, -0.2) is 48.9 Å². The van der Waals surface area contributed by atoms with Crippen LogP contribution < -0.4 is 5.32 Å². The highest BCUT2D eigenvalue weighted by Gasteiger charge is 2.31. The van der Waals surface area contributed by atoms with Crippen LogP contribution in [0.25, 0.3) is 0 Å². The second kappa shape index (κ2) is 10.2. The minimum atomic E-state index is -3.69. The number of ether oxygens (including phenoxy) is 1. The Morgan fingerprint density at radius 3 is 2.52 bits per heavy atom. The van der Waals surface area contributed by atoms with Gasteiger partial charge >= 0.3 is 6.09 Å². The second-order valence-electron chi connectivity index (χ2n) is 7.65. The maximum atomic E-state index is 14.1. The molecule has 1 saturated heterocycles. The molecule has 1 aliphatic rings. The zero-order valence-corrected chi connectivity index (χ0v) is 18.1. The number of carboxylic acid groups (broad SMARTS) is 1. The first kappa shape index (κ1) is 23.2. The first-order valence-corrected chi connectivity index (χ1v) is 11.7. The number of halogens is 1. The minimum Gasteiger partial charge on any atom is -0.465 e. The highest BCUT2D eigenvalue weighted by Crippen LogP contribution is 2.23. The van der Waals surface area contributed by atoms with Crippen molar-refractivity contribution in [3.63, 3.8) is 0 Å². The fourth-order valence-corrected chi connectivity index (χ4v) is 5.35. The first-order chi connectivity index (χ1) is 14.8. The van der Waals surface area contributed by atoms with Gasteiger partial charge in [-0.15, -0.1) is 0 Å². The maximum absolute atomic E-state index is 14.1. The fraction of sp³-hybridized carbons (Fsp3) is 0.409. The molecule has 2 N–H and O–H groups in total. The molecule has 1 amide bonds. The molecule has 9 heteroatoms. The molecule has 0 saturated carbocycles. The summed E-state index contributed by atoms with van der Waals surface area (Å²) in [6.45, 7) is 2.39. The number of amides is 1. The summed E-state index contributed by atoms with van der Waals surface area (Å²) >= 11 is 0. The van der Waals surface area contributed by atoms with Gasteiger partial charge in [0.2, 0.25) is 10.0 Å². The van der Waals surface area contributed by atoms with Crippen molar-refractivity contribution >= 4 is 16.1 Å². The number of piperidine rings is 1. The Morgan fingerprint density at radius 2 is 1.87 bits per heavy atom. The molecule has 1 unspecified atom stereocenters. The summed E-state index contributed by atoms with van der Waals surface area (Å²) in [6, 6.07) is 12.9. The van der Waals surface area contributed by atoms with Gasteiger partial charge in [0.1, 0.15) is 5.82 Å². The van der Waals surface area contributed by atoms with E-state index in [9.17, 15) is 17.6 Å². The summed E-state index contributed by atoms with van der Waals surface area (Å²) in [7, 11) is -3.69. The lowest BCUT2D eigenvalue weighted by molar-refractivity contribution is 0.00897. The highest BCUT2D eigenvalue weighted by molar-refractivity contribution is 7.89. The summed E-state index contributed by atoms with van der Waals surface area (Å²) < 4.78 is 47.1. The lowest BCUT2D eigenvalue weighted by atomic mass is 10.1. The van der Waals surface area contributed by atoms with Gasteiger partial charge in [0, 0.05) is 18.7 Å². The van der Waals surface area contributed by atoms with Crippen molar-refractivity contribution in [2.75, 3.05) is 18.8 Å². The lowest BCUT2D eigenvalue weighted by Crippen LogP contribution is -2.44. The third kappa shape index (κ3) is 6.25. The molecule has 0 aromatic heterocycles. The number of sulfonamides is 1. The number of rotatable bonds is 8. The number of hydrogen-bond acceptors (Lipinski definition) is 4.